The van der Waals surface area contributed by atoms with Crippen molar-refractivity contribution in [3.63, 3.8) is 0 Å². The smallest absolute Gasteiger partial charge is 0.0238 e. The zero-order valence-electron chi connectivity index (χ0n) is 6.99. The fraction of sp³-hybridized carbons (Fsp3) is 0.400. The van der Waals surface area contributed by atoms with E-state index in [0.717, 1.165) is 19.4 Å². The third-order valence-corrected chi connectivity index (χ3v) is 3.73. The predicted molar refractivity (Wildman–Crippen MR) is 53.4 cm³/mol. The molecule has 1 aromatic heterocycles. The molecular weight excluding hydrogens is 166 g/mol. The lowest BCUT2D eigenvalue weighted by Crippen LogP contribution is -2.31. The highest BCUT2D eigenvalue weighted by molar-refractivity contribution is 7.10. The van der Waals surface area contributed by atoms with Gasteiger partial charge in [-0.1, -0.05) is 18.2 Å². The van der Waals surface area contributed by atoms with Crippen LogP contribution in [0, 0.1) is 0 Å². The van der Waals surface area contributed by atoms with Gasteiger partial charge in [0.05, 0.1) is 0 Å². The van der Waals surface area contributed by atoms with E-state index in [1.807, 2.05) is 11.3 Å². The minimum atomic E-state index is 0.244. The highest BCUT2D eigenvalue weighted by Gasteiger charge is 2.31. The first-order chi connectivity index (χ1) is 5.87. The van der Waals surface area contributed by atoms with E-state index in [1.54, 1.807) is 0 Å². The van der Waals surface area contributed by atoms with Crippen LogP contribution in [0.15, 0.2) is 29.7 Å². The number of rotatable bonds is 2. The van der Waals surface area contributed by atoms with Gasteiger partial charge in [0.1, 0.15) is 0 Å². The number of allylic oxidation sites excluding steroid dienone is 2. The molecule has 64 valence electrons. The second-order valence-electron chi connectivity index (χ2n) is 3.34. The van der Waals surface area contributed by atoms with Gasteiger partial charge in [-0.2, -0.15) is 0 Å². The molecule has 1 aliphatic carbocycles. The van der Waals surface area contributed by atoms with E-state index in [9.17, 15) is 0 Å². The van der Waals surface area contributed by atoms with Crippen molar-refractivity contribution >= 4 is 11.3 Å². The van der Waals surface area contributed by atoms with Crippen LogP contribution in [0.3, 0.4) is 0 Å². The molecule has 0 saturated carbocycles. The Morgan fingerprint density at radius 3 is 2.67 bits per heavy atom. The summed E-state index contributed by atoms with van der Waals surface area (Å²) in [7, 11) is 0. The van der Waals surface area contributed by atoms with Crippen LogP contribution < -0.4 is 5.73 Å². The van der Waals surface area contributed by atoms with E-state index in [-0.39, 0.29) is 5.41 Å². The second kappa shape index (κ2) is 3.04. The summed E-state index contributed by atoms with van der Waals surface area (Å²) in [6, 6.07) is 4.31. The SMILES string of the molecule is NCC1(c2cccs2)CC=CC1. The van der Waals surface area contributed by atoms with Gasteiger partial charge >= 0.3 is 0 Å². The van der Waals surface area contributed by atoms with Gasteiger partial charge in [0.15, 0.2) is 0 Å². The summed E-state index contributed by atoms with van der Waals surface area (Å²) in [5.41, 5.74) is 6.07. The van der Waals surface area contributed by atoms with Crippen molar-refractivity contribution in [2.75, 3.05) is 6.54 Å². The van der Waals surface area contributed by atoms with E-state index in [0.29, 0.717) is 0 Å². The summed E-state index contributed by atoms with van der Waals surface area (Å²) in [6.45, 7) is 0.764. The molecule has 0 aliphatic heterocycles. The molecule has 2 rings (SSSR count). The van der Waals surface area contributed by atoms with Gasteiger partial charge in [-0.25, -0.2) is 0 Å². The van der Waals surface area contributed by atoms with Crippen molar-refractivity contribution in [1.82, 2.24) is 0 Å². The summed E-state index contributed by atoms with van der Waals surface area (Å²) >= 11 is 1.82. The van der Waals surface area contributed by atoms with Crippen LogP contribution in [0.1, 0.15) is 17.7 Å². The molecule has 0 spiro atoms. The Morgan fingerprint density at radius 1 is 1.42 bits per heavy atom. The molecule has 2 N–H and O–H groups in total. The average Bonchev–Trinajstić information content (AvgIpc) is 2.76. The minimum Gasteiger partial charge on any atom is -0.330 e. The minimum absolute atomic E-state index is 0.244. The zero-order valence-corrected chi connectivity index (χ0v) is 7.81. The molecular formula is C10H13NS. The van der Waals surface area contributed by atoms with Crippen molar-refractivity contribution in [2.45, 2.75) is 18.3 Å². The number of thiophene rings is 1. The third-order valence-electron chi connectivity index (χ3n) is 2.62. The van der Waals surface area contributed by atoms with Crippen LogP contribution in [0.5, 0.6) is 0 Å². The molecule has 2 heteroatoms. The summed E-state index contributed by atoms with van der Waals surface area (Å²) in [6.07, 6.45) is 6.72. The maximum absolute atomic E-state index is 5.83. The summed E-state index contributed by atoms with van der Waals surface area (Å²) < 4.78 is 0. The van der Waals surface area contributed by atoms with Crippen LogP contribution in [-0.2, 0) is 5.41 Å². The molecule has 1 aliphatic rings. The Balaban J connectivity index is 2.30. The predicted octanol–water partition coefficient (Wildman–Crippen LogP) is 2.29. The van der Waals surface area contributed by atoms with Crippen LogP contribution in [-0.4, -0.2) is 6.54 Å². The molecule has 0 saturated heterocycles. The molecule has 0 amide bonds. The van der Waals surface area contributed by atoms with Crippen molar-refractivity contribution < 1.29 is 0 Å². The Bertz CT molecular complexity index is 266. The Labute approximate surface area is 76.9 Å². The summed E-state index contributed by atoms with van der Waals surface area (Å²) in [5.74, 6) is 0. The maximum atomic E-state index is 5.83. The summed E-state index contributed by atoms with van der Waals surface area (Å²) in [5, 5.41) is 2.13. The molecule has 12 heavy (non-hydrogen) atoms. The molecule has 1 nitrogen and oxygen atoms in total. The molecule has 0 aromatic carbocycles. The van der Waals surface area contributed by atoms with E-state index < -0.39 is 0 Å². The monoisotopic (exact) mass is 179 g/mol. The van der Waals surface area contributed by atoms with E-state index >= 15 is 0 Å². The van der Waals surface area contributed by atoms with Gasteiger partial charge in [-0.05, 0) is 24.3 Å². The molecule has 0 unspecified atom stereocenters. The van der Waals surface area contributed by atoms with E-state index in [2.05, 4.69) is 29.7 Å². The van der Waals surface area contributed by atoms with Gasteiger partial charge in [-0.3, -0.25) is 0 Å². The van der Waals surface area contributed by atoms with Crippen molar-refractivity contribution in [3.8, 4) is 0 Å². The van der Waals surface area contributed by atoms with Crippen LogP contribution >= 0.6 is 11.3 Å². The second-order valence-corrected chi connectivity index (χ2v) is 4.29. The quantitative estimate of drug-likeness (QED) is 0.693. The molecule has 1 aromatic rings. The number of nitrogens with two attached hydrogens (primary N) is 1. The van der Waals surface area contributed by atoms with E-state index in [1.165, 1.54) is 4.88 Å². The van der Waals surface area contributed by atoms with Gasteiger partial charge in [0.25, 0.3) is 0 Å². The van der Waals surface area contributed by atoms with Crippen LogP contribution in [0.2, 0.25) is 0 Å². The van der Waals surface area contributed by atoms with Gasteiger partial charge in [0.2, 0.25) is 0 Å². The largest absolute Gasteiger partial charge is 0.330 e. The summed E-state index contributed by atoms with van der Waals surface area (Å²) in [4.78, 5) is 1.44. The highest BCUT2D eigenvalue weighted by Crippen LogP contribution is 2.38. The van der Waals surface area contributed by atoms with Gasteiger partial charge in [-0.15, -0.1) is 11.3 Å². The Kier molecular flexibility index (Phi) is 2.03. The lowest BCUT2D eigenvalue weighted by atomic mass is 9.84. The third kappa shape index (κ3) is 1.11. The van der Waals surface area contributed by atoms with Gasteiger partial charge in [0, 0.05) is 16.8 Å². The normalized spacial score (nSPS) is 20.1. The van der Waals surface area contributed by atoms with Crippen LogP contribution in [0.4, 0.5) is 0 Å². The first-order valence-electron chi connectivity index (χ1n) is 4.26. The number of hydrogen-bond donors (Lipinski definition) is 1. The topological polar surface area (TPSA) is 26.0 Å². The molecule has 0 bridgehead atoms. The van der Waals surface area contributed by atoms with Gasteiger partial charge < -0.3 is 5.73 Å². The van der Waals surface area contributed by atoms with Crippen molar-refractivity contribution in [3.05, 3.63) is 34.5 Å². The fourth-order valence-electron chi connectivity index (χ4n) is 1.75. The molecule has 1 heterocycles. The standard InChI is InChI=1S/C10H13NS/c11-8-10(5-1-2-6-10)9-4-3-7-12-9/h1-4,7H,5-6,8,11H2. The van der Waals surface area contributed by atoms with E-state index in [4.69, 9.17) is 5.73 Å². The molecule has 0 fully saturated rings. The van der Waals surface area contributed by atoms with Crippen molar-refractivity contribution in [2.24, 2.45) is 5.73 Å². The zero-order chi connectivity index (χ0) is 8.44. The molecule has 0 radical (unpaired) electrons. The highest BCUT2D eigenvalue weighted by atomic mass is 32.1. The van der Waals surface area contributed by atoms with Crippen molar-refractivity contribution in [1.29, 1.82) is 0 Å². The first kappa shape index (κ1) is 8.02. The average molecular weight is 179 g/mol. The first-order valence-corrected chi connectivity index (χ1v) is 5.14. The lowest BCUT2D eigenvalue weighted by Gasteiger charge is -2.25. The van der Waals surface area contributed by atoms with Crippen LogP contribution in [0.25, 0.3) is 0 Å². The molecule has 0 atom stereocenters. The fourth-order valence-corrected chi connectivity index (χ4v) is 2.71. The lowest BCUT2D eigenvalue weighted by molar-refractivity contribution is 0.480. The number of hydrogen-bond acceptors (Lipinski definition) is 2. The maximum Gasteiger partial charge on any atom is 0.0238 e. The Hall–Kier alpha value is -0.600. The Morgan fingerprint density at radius 2 is 2.17 bits per heavy atom.